The molecule has 1 radical (unpaired) electrons. The van der Waals surface area contributed by atoms with Crippen LogP contribution >= 0.6 is 0 Å². The molecule has 0 amide bonds. The minimum Gasteiger partial charge on any atom is -0.481 e. The number of hydrogen-bond acceptors (Lipinski definition) is 1. The summed E-state index contributed by atoms with van der Waals surface area (Å²) >= 11 is 0. The Morgan fingerprint density at radius 1 is 0.667 bits per heavy atom. The summed E-state index contributed by atoms with van der Waals surface area (Å²) in [5, 5.41) is 2.47. The Kier molecular flexibility index (Phi) is 2.97. The van der Waals surface area contributed by atoms with Crippen LogP contribution in [0.2, 0.25) is 0 Å². The van der Waals surface area contributed by atoms with Crippen LogP contribution in [-0.2, 0) is 0 Å². The van der Waals surface area contributed by atoms with Crippen molar-refractivity contribution in [2.24, 2.45) is 0 Å². The van der Waals surface area contributed by atoms with Gasteiger partial charge in [-0.1, -0.05) is 54.6 Å². The summed E-state index contributed by atoms with van der Waals surface area (Å²) in [4.78, 5) is 0. The Hall–Kier alpha value is -2.28. The van der Waals surface area contributed by atoms with Crippen LogP contribution in [0.15, 0.2) is 72.8 Å². The molecule has 0 unspecified atom stereocenters. The Labute approximate surface area is 107 Å². The fraction of sp³-hybridized carbons (Fsp3) is 0. The van der Waals surface area contributed by atoms with Crippen LogP contribution in [0.3, 0.4) is 0 Å². The van der Waals surface area contributed by atoms with Gasteiger partial charge in [0.15, 0.2) is 6.61 Å². The van der Waals surface area contributed by atoms with E-state index in [1.807, 2.05) is 42.5 Å². The van der Waals surface area contributed by atoms with Gasteiger partial charge in [0.05, 0.1) is 0 Å². The van der Waals surface area contributed by atoms with E-state index in [2.05, 4.69) is 30.3 Å². The molecular formula is C17H13O. The van der Waals surface area contributed by atoms with Crippen LogP contribution in [0.4, 0.5) is 0 Å². The summed E-state index contributed by atoms with van der Waals surface area (Å²) in [6.45, 7) is 1.78. The van der Waals surface area contributed by atoms with E-state index in [1.54, 1.807) is 6.61 Å². The van der Waals surface area contributed by atoms with Crippen molar-refractivity contribution in [1.29, 1.82) is 0 Å². The van der Waals surface area contributed by atoms with Gasteiger partial charge >= 0.3 is 0 Å². The summed E-state index contributed by atoms with van der Waals surface area (Å²) in [7, 11) is 0. The van der Waals surface area contributed by atoms with Crippen LogP contribution in [0.5, 0.6) is 5.75 Å². The molecule has 0 aliphatic carbocycles. The lowest BCUT2D eigenvalue weighted by Crippen LogP contribution is -1.91. The van der Waals surface area contributed by atoms with Crippen molar-refractivity contribution >= 4 is 10.8 Å². The molecule has 0 saturated heterocycles. The van der Waals surface area contributed by atoms with E-state index in [4.69, 9.17) is 4.74 Å². The lowest BCUT2D eigenvalue weighted by Gasteiger charge is -2.06. The maximum atomic E-state index is 5.62. The Balaban J connectivity index is 1.79. The third kappa shape index (κ3) is 2.35. The molecule has 0 aromatic heterocycles. The lowest BCUT2D eigenvalue weighted by molar-refractivity contribution is 0.429. The molecule has 1 nitrogen and oxygen atoms in total. The summed E-state index contributed by atoms with van der Waals surface area (Å²) in [5.41, 5.74) is 1.07. The first kappa shape index (κ1) is 10.8. The molecule has 1 heteroatoms. The maximum absolute atomic E-state index is 5.62. The van der Waals surface area contributed by atoms with Gasteiger partial charge in [0.1, 0.15) is 5.75 Å². The zero-order valence-electron chi connectivity index (χ0n) is 9.91. The second-order valence-corrected chi connectivity index (χ2v) is 4.16. The first-order chi connectivity index (χ1) is 8.92. The maximum Gasteiger partial charge on any atom is 0.165 e. The molecule has 0 aliphatic rings. The zero-order chi connectivity index (χ0) is 12.2. The van der Waals surface area contributed by atoms with Gasteiger partial charge in [-0.25, -0.2) is 0 Å². The monoisotopic (exact) mass is 233 g/mol. The van der Waals surface area contributed by atoms with Crippen molar-refractivity contribution in [3.05, 3.63) is 85.0 Å². The Bertz CT molecular complexity index is 644. The lowest BCUT2D eigenvalue weighted by atomic mass is 10.1. The molecule has 18 heavy (non-hydrogen) atoms. The minimum absolute atomic E-state index is 0.852. The average Bonchev–Trinajstić information content (AvgIpc) is 2.46. The minimum atomic E-state index is 0.852. The van der Waals surface area contributed by atoms with E-state index in [0.29, 0.717) is 0 Å². The highest BCUT2D eigenvalue weighted by Gasteiger charge is 1.98. The second-order valence-electron chi connectivity index (χ2n) is 4.16. The number of hydrogen-bond donors (Lipinski definition) is 0. The van der Waals surface area contributed by atoms with Gasteiger partial charge in [-0.15, -0.1) is 0 Å². The first-order valence-corrected chi connectivity index (χ1v) is 5.95. The molecule has 3 aromatic rings. The Morgan fingerprint density at radius 3 is 2.22 bits per heavy atom. The van der Waals surface area contributed by atoms with Gasteiger partial charge in [-0.2, -0.15) is 0 Å². The van der Waals surface area contributed by atoms with Gasteiger partial charge in [0, 0.05) is 0 Å². The van der Waals surface area contributed by atoms with Crippen molar-refractivity contribution in [3.63, 3.8) is 0 Å². The average molecular weight is 233 g/mol. The number of rotatable bonds is 3. The number of ether oxygens (including phenoxy) is 1. The van der Waals surface area contributed by atoms with Crippen molar-refractivity contribution in [2.45, 2.75) is 0 Å². The number of benzene rings is 3. The molecule has 87 valence electrons. The summed E-state index contributed by atoms with van der Waals surface area (Å²) in [5.74, 6) is 0.852. The third-order valence-corrected chi connectivity index (χ3v) is 2.85. The molecule has 3 rings (SSSR count). The van der Waals surface area contributed by atoms with E-state index in [1.165, 1.54) is 10.8 Å². The summed E-state index contributed by atoms with van der Waals surface area (Å²) in [6.07, 6.45) is 0. The quantitative estimate of drug-likeness (QED) is 0.650. The molecule has 0 N–H and O–H groups in total. The van der Waals surface area contributed by atoms with Crippen LogP contribution in [-0.4, -0.2) is 0 Å². The van der Waals surface area contributed by atoms with Gasteiger partial charge < -0.3 is 4.74 Å². The van der Waals surface area contributed by atoms with Crippen LogP contribution in [0.1, 0.15) is 5.56 Å². The van der Waals surface area contributed by atoms with Crippen molar-refractivity contribution < 1.29 is 4.74 Å². The van der Waals surface area contributed by atoms with E-state index in [-0.39, 0.29) is 0 Å². The van der Waals surface area contributed by atoms with Gasteiger partial charge in [-0.3, -0.25) is 0 Å². The van der Waals surface area contributed by atoms with Crippen molar-refractivity contribution in [2.75, 3.05) is 0 Å². The van der Waals surface area contributed by atoms with Gasteiger partial charge in [0.2, 0.25) is 0 Å². The molecule has 0 aliphatic heterocycles. The largest absolute Gasteiger partial charge is 0.481 e. The topological polar surface area (TPSA) is 9.23 Å². The highest BCUT2D eigenvalue weighted by molar-refractivity contribution is 5.83. The predicted molar refractivity (Wildman–Crippen MR) is 74.4 cm³/mol. The number of fused-ring (bicyclic) bond motifs is 1. The van der Waals surface area contributed by atoms with Crippen molar-refractivity contribution in [3.8, 4) is 5.75 Å². The molecule has 0 fully saturated rings. The third-order valence-electron chi connectivity index (χ3n) is 2.85. The molecule has 0 bridgehead atoms. The van der Waals surface area contributed by atoms with E-state index < -0.39 is 0 Å². The Morgan fingerprint density at radius 2 is 1.39 bits per heavy atom. The van der Waals surface area contributed by atoms with E-state index >= 15 is 0 Å². The number of para-hydroxylation sites is 1. The fourth-order valence-corrected chi connectivity index (χ4v) is 1.92. The molecular weight excluding hydrogens is 220 g/mol. The molecule has 0 atom stereocenters. The highest BCUT2D eigenvalue weighted by atomic mass is 16.5. The van der Waals surface area contributed by atoms with Gasteiger partial charge in [0.25, 0.3) is 0 Å². The SMILES string of the molecule is [CH](Oc1ccccc1)c1ccc2ccccc2c1. The zero-order valence-corrected chi connectivity index (χ0v) is 9.91. The van der Waals surface area contributed by atoms with Crippen molar-refractivity contribution in [1.82, 2.24) is 0 Å². The molecule has 0 spiro atoms. The molecule has 3 aromatic carbocycles. The molecule has 0 heterocycles. The van der Waals surface area contributed by atoms with Crippen LogP contribution in [0, 0.1) is 6.61 Å². The predicted octanol–water partition coefficient (Wildman–Crippen LogP) is 4.43. The standard InChI is InChI=1S/C17H13O/c1-2-8-17(9-3-1)18-13-14-10-11-15-6-4-5-7-16(15)12-14/h1-13H. The van der Waals surface area contributed by atoms with Gasteiger partial charge in [-0.05, 0) is 34.5 Å². The first-order valence-electron chi connectivity index (χ1n) is 5.95. The normalized spacial score (nSPS) is 10.4. The highest BCUT2D eigenvalue weighted by Crippen LogP contribution is 2.18. The van der Waals surface area contributed by atoms with Crippen LogP contribution in [0.25, 0.3) is 10.8 Å². The van der Waals surface area contributed by atoms with E-state index in [0.717, 1.165) is 11.3 Å². The summed E-state index contributed by atoms with van der Waals surface area (Å²) < 4.78 is 5.62. The fourth-order valence-electron chi connectivity index (χ4n) is 1.92. The second kappa shape index (κ2) is 4.92. The van der Waals surface area contributed by atoms with E-state index in [9.17, 15) is 0 Å². The molecule has 0 saturated carbocycles. The summed E-state index contributed by atoms with van der Waals surface area (Å²) in [6, 6.07) is 24.4. The smallest absolute Gasteiger partial charge is 0.165 e. The van der Waals surface area contributed by atoms with Crippen LogP contribution < -0.4 is 4.74 Å².